The molecule has 2 rings (SSSR count). The summed E-state index contributed by atoms with van der Waals surface area (Å²) in [4.78, 5) is 25.7. The van der Waals surface area contributed by atoms with E-state index < -0.39 is 22.4 Å². The van der Waals surface area contributed by atoms with Gasteiger partial charge in [0.25, 0.3) is 5.91 Å². The lowest BCUT2D eigenvalue weighted by molar-refractivity contribution is -0.149. The predicted octanol–water partition coefficient (Wildman–Crippen LogP) is 1.54. The van der Waals surface area contributed by atoms with Crippen LogP contribution >= 0.6 is 0 Å². The highest BCUT2D eigenvalue weighted by Crippen LogP contribution is 2.18. The van der Waals surface area contributed by atoms with Crippen LogP contribution in [0.2, 0.25) is 0 Å². The number of nitriles is 1. The average Bonchev–Trinajstić information content (AvgIpc) is 3.02. The Kier molecular flexibility index (Phi) is 7.13. The third-order valence-corrected chi connectivity index (χ3v) is 5.97. The maximum Gasteiger partial charge on any atom is 0.331 e. The quantitative estimate of drug-likeness (QED) is 0.517. The number of amides is 1. The Morgan fingerprint density at radius 2 is 2.04 bits per heavy atom. The van der Waals surface area contributed by atoms with Gasteiger partial charge in [0, 0.05) is 18.7 Å². The van der Waals surface area contributed by atoms with Gasteiger partial charge in [-0.2, -0.15) is 5.26 Å². The molecule has 1 fully saturated rings. The summed E-state index contributed by atoms with van der Waals surface area (Å²) in [6.07, 6.45) is 3.84. The second-order valence-electron chi connectivity index (χ2n) is 6.32. The molecule has 1 aliphatic rings. The Hall–Kier alpha value is -2.66. The van der Waals surface area contributed by atoms with E-state index >= 15 is 0 Å². The topological polar surface area (TPSA) is 105 Å². The van der Waals surface area contributed by atoms with Crippen molar-refractivity contribution >= 4 is 27.8 Å². The van der Waals surface area contributed by atoms with E-state index in [1.807, 2.05) is 13.0 Å². The van der Waals surface area contributed by atoms with Gasteiger partial charge in [-0.15, -0.1) is 0 Å². The van der Waals surface area contributed by atoms with Crippen LogP contribution in [0, 0.1) is 11.3 Å². The summed E-state index contributed by atoms with van der Waals surface area (Å²) in [5.41, 5.74) is 1.24. The third-order valence-electron chi connectivity index (χ3n) is 4.22. The van der Waals surface area contributed by atoms with E-state index in [-0.39, 0.29) is 23.5 Å². The Bertz CT molecular complexity index is 853. The molecule has 7 nitrogen and oxygen atoms in total. The summed E-state index contributed by atoms with van der Waals surface area (Å²) in [5.74, 6) is -1.01. The van der Waals surface area contributed by atoms with Crippen LogP contribution in [0.25, 0.3) is 6.08 Å². The molecule has 1 atom stereocenters. The third kappa shape index (κ3) is 6.22. The Morgan fingerprint density at radius 3 is 2.59 bits per heavy atom. The largest absolute Gasteiger partial charge is 0.452 e. The normalized spacial score (nSPS) is 18.1. The van der Waals surface area contributed by atoms with Crippen LogP contribution < -0.4 is 0 Å². The van der Waals surface area contributed by atoms with Gasteiger partial charge in [0.15, 0.2) is 16.4 Å². The molecule has 1 aromatic carbocycles. The van der Waals surface area contributed by atoms with E-state index in [4.69, 9.17) is 10.00 Å². The molecular weight excluding hydrogens is 368 g/mol. The van der Waals surface area contributed by atoms with Crippen LogP contribution in [0.1, 0.15) is 30.9 Å². The van der Waals surface area contributed by atoms with Gasteiger partial charge in [-0.1, -0.05) is 19.1 Å². The van der Waals surface area contributed by atoms with Crippen molar-refractivity contribution in [2.24, 2.45) is 0 Å². The van der Waals surface area contributed by atoms with E-state index in [0.717, 1.165) is 5.56 Å². The minimum absolute atomic E-state index is 0.0364. The highest BCUT2D eigenvalue weighted by Gasteiger charge is 2.34. The second-order valence-corrected chi connectivity index (χ2v) is 8.55. The van der Waals surface area contributed by atoms with Crippen LogP contribution in [0.5, 0.6) is 0 Å². The molecule has 1 aromatic rings. The second kappa shape index (κ2) is 9.33. The molecule has 0 aliphatic carbocycles. The van der Waals surface area contributed by atoms with E-state index in [2.05, 4.69) is 0 Å². The lowest BCUT2D eigenvalue weighted by atomic mass is 10.1. The van der Waals surface area contributed by atoms with Crippen molar-refractivity contribution in [3.63, 3.8) is 0 Å². The van der Waals surface area contributed by atoms with E-state index in [1.165, 1.54) is 17.1 Å². The maximum absolute atomic E-state index is 12.4. The Morgan fingerprint density at radius 1 is 1.33 bits per heavy atom. The van der Waals surface area contributed by atoms with Gasteiger partial charge in [0.2, 0.25) is 0 Å². The fourth-order valence-electron chi connectivity index (χ4n) is 2.87. The molecule has 1 amide bonds. The number of nitrogens with zero attached hydrogens (tertiary/aromatic N) is 2. The molecule has 0 spiro atoms. The van der Waals surface area contributed by atoms with Crippen LogP contribution in [-0.4, -0.2) is 55.9 Å². The minimum Gasteiger partial charge on any atom is -0.452 e. The molecule has 0 bridgehead atoms. The van der Waals surface area contributed by atoms with Crippen molar-refractivity contribution in [1.82, 2.24) is 4.90 Å². The van der Waals surface area contributed by atoms with Gasteiger partial charge in [-0.25, -0.2) is 13.2 Å². The SMILES string of the molecule is CCCN(C(=O)COC(=O)/C=C/c1ccc(C#N)cc1)[C@@H]1CCS(=O)(=O)C1. The van der Waals surface area contributed by atoms with Crippen molar-refractivity contribution in [2.75, 3.05) is 24.7 Å². The predicted molar refractivity (Wildman–Crippen MR) is 100 cm³/mol. The summed E-state index contributed by atoms with van der Waals surface area (Å²) in [6.45, 7) is 1.90. The van der Waals surface area contributed by atoms with Gasteiger partial charge in [0.05, 0.1) is 23.1 Å². The van der Waals surface area contributed by atoms with Gasteiger partial charge in [-0.3, -0.25) is 4.79 Å². The molecule has 27 heavy (non-hydrogen) atoms. The van der Waals surface area contributed by atoms with Crippen molar-refractivity contribution in [2.45, 2.75) is 25.8 Å². The number of ether oxygens (including phenoxy) is 1. The van der Waals surface area contributed by atoms with Crippen molar-refractivity contribution in [3.05, 3.63) is 41.5 Å². The number of rotatable bonds is 7. The van der Waals surface area contributed by atoms with Crippen molar-refractivity contribution in [3.8, 4) is 6.07 Å². The summed E-state index contributed by atoms with van der Waals surface area (Å²) in [6, 6.07) is 8.30. The summed E-state index contributed by atoms with van der Waals surface area (Å²) >= 11 is 0. The van der Waals surface area contributed by atoms with Crippen LogP contribution in [0.15, 0.2) is 30.3 Å². The van der Waals surface area contributed by atoms with Gasteiger partial charge in [-0.05, 0) is 36.6 Å². The standard InChI is InChI=1S/C19H22N2O5S/c1-2-10-21(17-9-11-27(24,25)14-17)18(22)13-26-19(23)8-7-15-3-5-16(12-20)6-4-15/h3-8,17H,2,9-11,13-14H2,1H3/b8-7+/t17-/m1/s1. The fraction of sp³-hybridized carbons (Fsp3) is 0.421. The Balaban J connectivity index is 1.89. The molecule has 0 radical (unpaired) electrons. The van der Waals surface area contributed by atoms with Crippen LogP contribution in [0.3, 0.4) is 0 Å². The summed E-state index contributed by atoms with van der Waals surface area (Å²) in [5, 5.41) is 8.75. The monoisotopic (exact) mass is 390 g/mol. The molecule has 0 N–H and O–H groups in total. The highest BCUT2D eigenvalue weighted by atomic mass is 32.2. The first kappa shape index (κ1) is 20.6. The van der Waals surface area contributed by atoms with Crippen LogP contribution in [-0.2, 0) is 24.2 Å². The number of hydrogen-bond donors (Lipinski definition) is 0. The lowest BCUT2D eigenvalue weighted by Crippen LogP contribution is -2.43. The first-order valence-electron chi connectivity index (χ1n) is 8.69. The summed E-state index contributed by atoms with van der Waals surface area (Å²) < 4.78 is 28.3. The molecule has 0 aromatic heterocycles. The molecule has 0 saturated carbocycles. The first-order chi connectivity index (χ1) is 12.8. The number of benzene rings is 1. The van der Waals surface area contributed by atoms with Crippen LogP contribution in [0.4, 0.5) is 0 Å². The first-order valence-corrected chi connectivity index (χ1v) is 10.5. The number of hydrogen-bond acceptors (Lipinski definition) is 6. The highest BCUT2D eigenvalue weighted by molar-refractivity contribution is 7.91. The zero-order chi connectivity index (χ0) is 19.9. The number of carbonyl (C=O) groups is 2. The maximum atomic E-state index is 12.4. The van der Waals surface area contributed by atoms with E-state index in [1.54, 1.807) is 24.3 Å². The minimum atomic E-state index is -3.10. The zero-order valence-electron chi connectivity index (χ0n) is 15.1. The zero-order valence-corrected chi connectivity index (χ0v) is 15.9. The molecular formula is C19H22N2O5S. The lowest BCUT2D eigenvalue weighted by Gasteiger charge is -2.27. The van der Waals surface area contributed by atoms with Crippen molar-refractivity contribution < 1.29 is 22.7 Å². The van der Waals surface area contributed by atoms with E-state index in [9.17, 15) is 18.0 Å². The van der Waals surface area contributed by atoms with Gasteiger partial charge >= 0.3 is 5.97 Å². The molecule has 8 heteroatoms. The smallest absolute Gasteiger partial charge is 0.331 e. The molecule has 1 aliphatic heterocycles. The number of esters is 1. The number of sulfone groups is 1. The van der Waals surface area contributed by atoms with Gasteiger partial charge in [0.1, 0.15) is 0 Å². The molecule has 1 saturated heterocycles. The molecule has 144 valence electrons. The van der Waals surface area contributed by atoms with E-state index in [0.29, 0.717) is 24.9 Å². The molecule has 1 heterocycles. The van der Waals surface area contributed by atoms with Crippen molar-refractivity contribution in [1.29, 1.82) is 5.26 Å². The average molecular weight is 390 g/mol. The Labute approximate surface area is 159 Å². The van der Waals surface area contributed by atoms with Gasteiger partial charge < -0.3 is 9.64 Å². The summed E-state index contributed by atoms with van der Waals surface area (Å²) in [7, 11) is -3.10. The fourth-order valence-corrected chi connectivity index (χ4v) is 4.60. The number of carbonyl (C=O) groups excluding carboxylic acids is 2. The molecule has 0 unspecified atom stereocenters.